The van der Waals surface area contributed by atoms with Crippen molar-refractivity contribution in [1.29, 1.82) is 0 Å². The van der Waals surface area contributed by atoms with E-state index in [0.29, 0.717) is 12.5 Å². The Balaban J connectivity index is 0.00000225. The minimum absolute atomic E-state index is 0. The van der Waals surface area contributed by atoms with E-state index in [2.05, 4.69) is 15.1 Å². The summed E-state index contributed by atoms with van der Waals surface area (Å²) in [4.78, 5) is 2.33. The van der Waals surface area contributed by atoms with Crippen LogP contribution in [-0.2, 0) is 4.74 Å². The van der Waals surface area contributed by atoms with Crippen LogP contribution in [0, 0.1) is 6.92 Å². The van der Waals surface area contributed by atoms with Gasteiger partial charge in [0.25, 0.3) is 0 Å². The lowest BCUT2D eigenvalue weighted by molar-refractivity contribution is 0.0319. The molecule has 3 rings (SSSR count). The van der Waals surface area contributed by atoms with Gasteiger partial charge in [0.2, 0.25) is 5.88 Å². The predicted molar refractivity (Wildman–Crippen MR) is 98.8 cm³/mol. The number of benzene rings is 1. The van der Waals surface area contributed by atoms with Gasteiger partial charge in [0, 0.05) is 30.8 Å². The van der Waals surface area contributed by atoms with E-state index in [1.807, 2.05) is 37.3 Å². The van der Waals surface area contributed by atoms with Crippen molar-refractivity contribution in [3.63, 3.8) is 0 Å². The summed E-state index contributed by atoms with van der Waals surface area (Å²) < 4.78 is 16.3. The van der Waals surface area contributed by atoms with Gasteiger partial charge in [0.05, 0.1) is 26.0 Å². The number of hydrogen-bond acceptors (Lipinski definition) is 6. The number of halogens is 1. The van der Waals surface area contributed by atoms with E-state index in [9.17, 15) is 0 Å². The fourth-order valence-corrected chi connectivity index (χ4v) is 2.62. The van der Waals surface area contributed by atoms with Crippen molar-refractivity contribution in [2.24, 2.45) is 0 Å². The van der Waals surface area contributed by atoms with Crippen LogP contribution in [0.5, 0.6) is 11.6 Å². The first-order valence-corrected chi connectivity index (χ1v) is 8.18. The molecular weight excluding hydrogens is 342 g/mol. The van der Waals surface area contributed by atoms with Crippen molar-refractivity contribution in [2.45, 2.75) is 6.92 Å². The number of nitrogens with zero attached hydrogens (tertiary/aromatic N) is 3. The topological polar surface area (TPSA) is 56.7 Å². The van der Waals surface area contributed by atoms with Crippen molar-refractivity contribution in [3.05, 3.63) is 35.9 Å². The molecule has 1 aromatic carbocycles. The lowest BCUT2D eigenvalue weighted by Crippen LogP contribution is -2.38. The number of hydrogen-bond donors (Lipinski definition) is 0. The van der Waals surface area contributed by atoms with Crippen molar-refractivity contribution < 1.29 is 14.2 Å². The van der Waals surface area contributed by atoms with Crippen LogP contribution >= 0.6 is 12.4 Å². The number of ether oxygens (including phenoxy) is 3. The van der Waals surface area contributed by atoms with Gasteiger partial charge in [0.15, 0.2) is 0 Å². The van der Waals surface area contributed by atoms with Gasteiger partial charge in [-0.1, -0.05) is 0 Å². The zero-order valence-electron chi connectivity index (χ0n) is 14.6. The number of rotatable bonds is 6. The maximum absolute atomic E-state index is 5.79. The molecule has 1 saturated heterocycles. The van der Waals surface area contributed by atoms with Gasteiger partial charge >= 0.3 is 0 Å². The summed E-state index contributed by atoms with van der Waals surface area (Å²) in [6.45, 7) is 7.01. The van der Waals surface area contributed by atoms with E-state index >= 15 is 0 Å². The van der Waals surface area contributed by atoms with Gasteiger partial charge in [-0.3, -0.25) is 4.90 Å². The van der Waals surface area contributed by atoms with Crippen molar-refractivity contribution >= 4 is 12.4 Å². The molecule has 0 unspecified atom stereocenters. The summed E-state index contributed by atoms with van der Waals surface area (Å²) >= 11 is 0. The first-order chi connectivity index (χ1) is 11.8. The van der Waals surface area contributed by atoms with E-state index < -0.39 is 0 Å². The molecule has 25 heavy (non-hydrogen) atoms. The Bertz CT molecular complexity index is 661. The normalized spacial score (nSPS) is 14.6. The summed E-state index contributed by atoms with van der Waals surface area (Å²) in [6, 6.07) is 9.78. The highest BCUT2D eigenvalue weighted by Gasteiger charge is 2.11. The first-order valence-electron chi connectivity index (χ1n) is 8.18. The smallest absolute Gasteiger partial charge is 0.236 e. The Kier molecular flexibility index (Phi) is 7.43. The number of morpholine rings is 1. The summed E-state index contributed by atoms with van der Waals surface area (Å²) in [5.74, 6) is 1.42. The van der Waals surface area contributed by atoms with Gasteiger partial charge in [-0.15, -0.1) is 22.6 Å². The molecule has 0 saturated carbocycles. The summed E-state index contributed by atoms with van der Waals surface area (Å²) in [5, 5.41) is 8.51. The van der Waals surface area contributed by atoms with E-state index in [-0.39, 0.29) is 12.4 Å². The zero-order chi connectivity index (χ0) is 16.8. The fraction of sp³-hybridized carbons (Fsp3) is 0.444. The zero-order valence-corrected chi connectivity index (χ0v) is 15.4. The highest BCUT2D eigenvalue weighted by atomic mass is 35.5. The molecule has 1 aliphatic rings. The van der Waals surface area contributed by atoms with Crippen LogP contribution < -0.4 is 9.47 Å². The number of aryl methyl sites for hydroxylation is 1. The van der Waals surface area contributed by atoms with Crippen LogP contribution in [0.25, 0.3) is 11.3 Å². The molecule has 0 radical (unpaired) electrons. The lowest BCUT2D eigenvalue weighted by atomic mass is 10.1. The van der Waals surface area contributed by atoms with Gasteiger partial charge in [-0.25, -0.2) is 0 Å². The van der Waals surface area contributed by atoms with Crippen molar-refractivity contribution in [3.8, 4) is 22.9 Å². The molecule has 0 spiro atoms. The first kappa shape index (κ1) is 19.4. The SMILES string of the molecule is COc1ccc(-c2cc(C)c(OCCN3CCOCC3)nn2)cc1.Cl. The van der Waals surface area contributed by atoms with E-state index in [1.54, 1.807) is 7.11 Å². The lowest BCUT2D eigenvalue weighted by Gasteiger charge is -2.26. The molecule has 0 atom stereocenters. The molecule has 0 bridgehead atoms. The van der Waals surface area contributed by atoms with Gasteiger partial charge in [-0.2, -0.15) is 0 Å². The predicted octanol–water partition coefficient (Wildman–Crippen LogP) is 2.59. The van der Waals surface area contributed by atoms with E-state index in [1.165, 1.54) is 0 Å². The van der Waals surface area contributed by atoms with Crippen LogP contribution in [-0.4, -0.2) is 61.7 Å². The van der Waals surface area contributed by atoms with Crippen LogP contribution in [0.4, 0.5) is 0 Å². The summed E-state index contributed by atoms with van der Waals surface area (Å²) in [6.07, 6.45) is 0. The third-order valence-corrected chi connectivity index (χ3v) is 4.07. The van der Waals surface area contributed by atoms with E-state index in [0.717, 1.165) is 55.4 Å². The number of aromatic nitrogens is 2. The molecule has 7 heteroatoms. The molecular formula is C18H24ClN3O3. The molecule has 1 aromatic heterocycles. The second-order valence-corrected chi connectivity index (χ2v) is 5.75. The molecule has 2 heterocycles. The van der Waals surface area contributed by atoms with Crippen molar-refractivity contribution in [1.82, 2.24) is 15.1 Å². The Morgan fingerprint density at radius 2 is 1.84 bits per heavy atom. The van der Waals surface area contributed by atoms with Crippen LogP contribution in [0.1, 0.15) is 5.56 Å². The van der Waals surface area contributed by atoms with Crippen molar-refractivity contribution in [2.75, 3.05) is 46.6 Å². The highest BCUT2D eigenvalue weighted by molar-refractivity contribution is 5.85. The average Bonchev–Trinajstić information content (AvgIpc) is 2.64. The maximum Gasteiger partial charge on any atom is 0.236 e. The van der Waals surface area contributed by atoms with Gasteiger partial charge in [-0.05, 0) is 37.3 Å². The average molecular weight is 366 g/mol. The standard InChI is InChI=1S/C18H23N3O3.ClH/c1-14-13-17(15-3-5-16(22-2)6-4-15)19-20-18(14)24-12-9-21-7-10-23-11-8-21;/h3-6,13H,7-12H2,1-2H3;1H. The van der Waals surface area contributed by atoms with E-state index in [4.69, 9.17) is 14.2 Å². The summed E-state index contributed by atoms with van der Waals surface area (Å²) in [5.41, 5.74) is 2.82. The van der Waals surface area contributed by atoms with Crippen LogP contribution in [0.15, 0.2) is 30.3 Å². The van der Waals surface area contributed by atoms with Gasteiger partial charge < -0.3 is 14.2 Å². The minimum Gasteiger partial charge on any atom is -0.497 e. The largest absolute Gasteiger partial charge is 0.497 e. The molecule has 0 amide bonds. The van der Waals surface area contributed by atoms with Crippen LogP contribution in [0.2, 0.25) is 0 Å². The molecule has 0 aliphatic carbocycles. The Morgan fingerprint density at radius 1 is 1.12 bits per heavy atom. The maximum atomic E-state index is 5.79. The molecule has 2 aromatic rings. The Hall–Kier alpha value is -1.89. The molecule has 136 valence electrons. The third-order valence-electron chi connectivity index (χ3n) is 4.07. The quantitative estimate of drug-likeness (QED) is 0.784. The highest BCUT2D eigenvalue weighted by Crippen LogP contribution is 2.23. The fourth-order valence-electron chi connectivity index (χ4n) is 2.62. The Morgan fingerprint density at radius 3 is 2.48 bits per heavy atom. The summed E-state index contributed by atoms with van der Waals surface area (Å²) in [7, 11) is 1.65. The molecule has 1 aliphatic heterocycles. The Labute approximate surface area is 154 Å². The van der Waals surface area contributed by atoms with Crippen LogP contribution in [0.3, 0.4) is 0 Å². The molecule has 1 fully saturated rings. The molecule has 6 nitrogen and oxygen atoms in total. The third kappa shape index (κ3) is 5.29. The molecule has 0 N–H and O–H groups in total. The van der Waals surface area contributed by atoms with Gasteiger partial charge in [0.1, 0.15) is 12.4 Å². The minimum atomic E-state index is 0. The number of methoxy groups -OCH3 is 1. The monoisotopic (exact) mass is 365 g/mol. The second-order valence-electron chi connectivity index (χ2n) is 5.75. The second kappa shape index (κ2) is 9.56.